The van der Waals surface area contributed by atoms with E-state index < -0.39 is 0 Å². The molecule has 0 spiro atoms. The molecule has 0 saturated carbocycles. The molecule has 2 fully saturated rings. The Bertz CT molecular complexity index is 488. The minimum atomic E-state index is 0.0502. The van der Waals surface area contributed by atoms with Crippen LogP contribution in [0.1, 0.15) is 29.8 Å². The van der Waals surface area contributed by atoms with Gasteiger partial charge >= 0.3 is 0 Å². The molecule has 19 heavy (non-hydrogen) atoms. The number of methoxy groups -OCH3 is 1. The third-order valence-corrected chi connectivity index (χ3v) is 4.45. The summed E-state index contributed by atoms with van der Waals surface area (Å²) in [5.41, 5.74) is 0.540. The van der Waals surface area contributed by atoms with Gasteiger partial charge in [0.15, 0.2) is 5.78 Å². The van der Waals surface area contributed by atoms with Crippen molar-refractivity contribution in [3.8, 4) is 0 Å². The highest BCUT2D eigenvalue weighted by Crippen LogP contribution is 2.36. The molecule has 1 N–H and O–H groups in total. The second kappa shape index (κ2) is 5.23. The fourth-order valence-electron chi connectivity index (χ4n) is 3.24. The third kappa shape index (κ3) is 2.30. The van der Waals surface area contributed by atoms with Gasteiger partial charge < -0.3 is 10.1 Å². The minimum absolute atomic E-state index is 0.0502. The van der Waals surface area contributed by atoms with Crippen LogP contribution in [0.2, 0.25) is 5.02 Å². The molecule has 0 amide bonds. The number of hydrogen-bond donors (Lipinski definition) is 1. The molecule has 2 bridgehead atoms. The van der Waals surface area contributed by atoms with Gasteiger partial charge in [-0.1, -0.05) is 11.6 Å². The number of nitrogens with zero attached hydrogens (tertiary/aromatic N) is 2. The molecule has 3 atom stereocenters. The number of halogens is 1. The van der Waals surface area contributed by atoms with E-state index in [9.17, 15) is 4.79 Å². The van der Waals surface area contributed by atoms with Gasteiger partial charge in [0.05, 0.1) is 24.4 Å². The Kier molecular flexibility index (Phi) is 3.60. The number of fused-ring (bicyclic) bond motifs is 2. The molecule has 2 aliphatic heterocycles. The lowest BCUT2D eigenvalue weighted by atomic mass is 9.85. The lowest BCUT2D eigenvalue weighted by molar-refractivity contribution is 0.0886. The Balaban J connectivity index is 1.81. The standard InChI is InChI=1S/C13H18ClN3O2/c1-19-5-4-17-12(10(14)7-15-17)13(18)9-6-8-2-3-11(9)16-8/h7-9,11,16H,2-6H2,1H3. The average Bonchev–Trinajstić information content (AvgIpc) is 3.10. The zero-order chi connectivity index (χ0) is 13.4. The maximum atomic E-state index is 12.7. The van der Waals surface area contributed by atoms with E-state index in [4.69, 9.17) is 16.3 Å². The smallest absolute Gasteiger partial charge is 0.187 e. The molecule has 3 unspecified atom stereocenters. The van der Waals surface area contributed by atoms with Gasteiger partial charge in [-0.05, 0) is 19.3 Å². The van der Waals surface area contributed by atoms with Crippen LogP contribution >= 0.6 is 11.6 Å². The van der Waals surface area contributed by atoms with Crippen LogP contribution in [-0.4, -0.2) is 41.4 Å². The number of rotatable bonds is 5. The number of Topliss-reactive ketones (excluding diaryl/α,β-unsaturated/α-hetero) is 1. The van der Waals surface area contributed by atoms with E-state index in [1.54, 1.807) is 18.0 Å². The Hall–Kier alpha value is -0.910. The number of carbonyl (C=O) groups is 1. The van der Waals surface area contributed by atoms with Gasteiger partial charge in [-0.25, -0.2) is 0 Å². The quantitative estimate of drug-likeness (QED) is 0.832. The second-order valence-electron chi connectivity index (χ2n) is 5.31. The Morgan fingerprint density at radius 3 is 3.11 bits per heavy atom. The van der Waals surface area contributed by atoms with E-state index in [0.29, 0.717) is 36.0 Å². The highest BCUT2D eigenvalue weighted by Gasteiger charge is 2.44. The number of ketones is 1. The highest BCUT2D eigenvalue weighted by molar-refractivity contribution is 6.33. The lowest BCUT2D eigenvalue weighted by Gasteiger charge is -2.19. The van der Waals surface area contributed by atoms with Gasteiger partial charge in [-0.2, -0.15) is 5.10 Å². The molecule has 6 heteroatoms. The normalized spacial score (nSPS) is 29.1. The maximum Gasteiger partial charge on any atom is 0.187 e. The van der Waals surface area contributed by atoms with Crippen molar-refractivity contribution < 1.29 is 9.53 Å². The van der Waals surface area contributed by atoms with E-state index in [2.05, 4.69) is 10.4 Å². The van der Waals surface area contributed by atoms with Crippen molar-refractivity contribution in [3.63, 3.8) is 0 Å². The zero-order valence-corrected chi connectivity index (χ0v) is 11.7. The summed E-state index contributed by atoms with van der Waals surface area (Å²) >= 11 is 6.13. The fourth-order valence-corrected chi connectivity index (χ4v) is 3.48. The molecule has 1 aromatic rings. The summed E-state index contributed by atoms with van der Waals surface area (Å²) < 4.78 is 6.70. The van der Waals surface area contributed by atoms with Crippen LogP contribution < -0.4 is 5.32 Å². The molecular weight excluding hydrogens is 266 g/mol. The Labute approximate surface area is 117 Å². The minimum Gasteiger partial charge on any atom is -0.383 e. The lowest BCUT2D eigenvalue weighted by Crippen LogP contribution is -2.30. The summed E-state index contributed by atoms with van der Waals surface area (Å²) in [6.45, 7) is 1.08. The molecule has 5 nitrogen and oxygen atoms in total. The van der Waals surface area contributed by atoms with Crippen molar-refractivity contribution in [2.45, 2.75) is 37.9 Å². The summed E-state index contributed by atoms with van der Waals surface area (Å²) in [4.78, 5) is 12.7. The summed E-state index contributed by atoms with van der Waals surface area (Å²) in [5.74, 6) is 0.174. The zero-order valence-electron chi connectivity index (χ0n) is 10.9. The van der Waals surface area contributed by atoms with Crippen LogP contribution in [0.4, 0.5) is 0 Å². The first-order chi connectivity index (χ1) is 9.20. The second-order valence-corrected chi connectivity index (χ2v) is 5.72. The van der Waals surface area contributed by atoms with Crippen LogP contribution in [0.25, 0.3) is 0 Å². The SMILES string of the molecule is COCCn1ncc(Cl)c1C(=O)C1CC2CCC1N2. The van der Waals surface area contributed by atoms with Gasteiger partial charge in [0.25, 0.3) is 0 Å². The number of aromatic nitrogens is 2. The van der Waals surface area contributed by atoms with E-state index in [0.717, 1.165) is 12.8 Å². The first kappa shape index (κ1) is 13.1. The first-order valence-corrected chi connectivity index (χ1v) is 7.09. The van der Waals surface area contributed by atoms with E-state index >= 15 is 0 Å². The van der Waals surface area contributed by atoms with Crippen LogP contribution in [0.5, 0.6) is 0 Å². The Morgan fingerprint density at radius 1 is 1.63 bits per heavy atom. The van der Waals surface area contributed by atoms with Crippen LogP contribution in [0, 0.1) is 5.92 Å². The topological polar surface area (TPSA) is 56.2 Å². The monoisotopic (exact) mass is 283 g/mol. The van der Waals surface area contributed by atoms with Gasteiger partial charge in [-0.15, -0.1) is 0 Å². The van der Waals surface area contributed by atoms with Gasteiger partial charge in [0.2, 0.25) is 0 Å². The van der Waals surface area contributed by atoms with Gasteiger partial charge in [0, 0.05) is 25.1 Å². The summed E-state index contributed by atoms with van der Waals surface area (Å²) in [6, 6.07) is 0.826. The molecule has 3 rings (SSSR count). The molecule has 2 aliphatic rings. The molecule has 3 heterocycles. The van der Waals surface area contributed by atoms with Gasteiger partial charge in [0.1, 0.15) is 5.69 Å². The van der Waals surface area contributed by atoms with Crippen molar-refractivity contribution in [2.75, 3.05) is 13.7 Å². The van der Waals surface area contributed by atoms with Crippen LogP contribution in [0.3, 0.4) is 0 Å². The largest absolute Gasteiger partial charge is 0.383 e. The third-order valence-electron chi connectivity index (χ3n) is 4.17. The van der Waals surface area contributed by atoms with E-state index in [1.807, 2.05) is 0 Å². The molecule has 0 aliphatic carbocycles. The molecule has 1 aromatic heterocycles. The molecule has 0 aromatic carbocycles. The van der Waals surface area contributed by atoms with Crippen LogP contribution in [0.15, 0.2) is 6.20 Å². The van der Waals surface area contributed by atoms with Gasteiger partial charge in [-0.3, -0.25) is 9.48 Å². The van der Waals surface area contributed by atoms with E-state index in [1.165, 1.54) is 6.42 Å². The first-order valence-electron chi connectivity index (χ1n) is 6.71. The van der Waals surface area contributed by atoms with Crippen molar-refractivity contribution in [2.24, 2.45) is 5.92 Å². The molecule has 2 saturated heterocycles. The number of hydrogen-bond acceptors (Lipinski definition) is 4. The molecular formula is C13H18ClN3O2. The Morgan fingerprint density at radius 2 is 2.47 bits per heavy atom. The fraction of sp³-hybridized carbons (Fsp3) is 0.692. The van der Waals surface area contributed by atoms with E-state index in [-0.39, 0.29) is 11.7 Å². The summed E-state index contributed by atoms with van der Waals surface area (Å²) in [6.07, 6.45) is 4.75. The van der Waals surface area contributed by atoms with Crippen molar-refractivity contribution in [3.05, 3.63) is 16.9 Å². The highest BCUT2D eigenvalue weighted by atomic mass is 35.5. The van der Waals surface area contributed by atoms with Crippen molar-refractivity contribution in [1.82, 2.24) is 15.1 Å². The predicted octanol–water partition coefficient (Wildman–Crippen LogP) is 1.51. The summed E-state index contributed by atoms with van der Waals surface area (Å²) in [5, 5.41) is 8.10. The predicted molar refractivity (Wildman–Crippen MR) is 71.5 cm³/mol. The number of ether oxygens (including phenoxy) is 1. The van der Waals surface area contributed by atoms with Crippen LogP contribution in [-0.2, 0) is 11.3 Å². The average molecular weight is 284 g/mol. The maximum absolute atomic E-state index is 12.7. The van der Waals surface area contributed by atoms with Crippen molar-refractivity contribution in [1.29, 1.82) is 0 Å². The van der Waals surface area contributed by atoms with Crippen molar-refractivity contribution >= 4 is 17.4 Å². The summed E-state index contributed by atoms with van der Waals surface area (Å²) in [7, 11) is 1.63. The molecule has 104 valence electrons. The number of carbonyl (C=O) groups excluding carboxylic acids is 1. The molecule has 0 radical (unpaired) electrons. The number of nitrogens with one attached hydrogen (secondary N) is 1.